The second-order valence-corrected chi connectivity index (χ2v) is 5.76. The minimum absolute atomic E-state index is 0.774. The van der Waals surface area contributed by atoms with Gasteiger partial charge in [0.1, 0.15) is 0 Å². The molecule has 0 amide bonds. The van der Waals surface area contributed by atoms with Gasteiger partial charge >= 0.3 is 0 Å². The molecule has 0 radical (unpaired) electrons. The van der Waals surface area contributed by atoms with E-state index in [0.717, 1.165) is 32.8 Å². The van der Waals surface area contributed by atoms with Crippen LogP contribution in [0.15, 0.2) is 29.6 Å². The van der Waals surface area contributed by atoms with Gasteiger partial charge in [0.05, 0.1) is 13.2 Å². The van der Waals surface area contributed by atoms with Crippen LogP contribution in [0.25, 0.3) is 10.1 Å². The van der Waals surface area contributed by atoms with E-state index in [1.165, 1.54) is 15.6 Å². The highest BCUT2D eigenvalue weighted by atomic mass is 32.1. The van der Waals surface area contributed by atoms with E-state index >= 15 is 0 Å². The summed E-state index contributed by atoms with van der Waals surface area (Å²) in [6, 6.07) is 8.56. The number of likely N-dealkylation sites (N-methyl/N-ethyl adjacent to an activating group) is 1. The van der Waals surface area contributed by atoms with Crippen LogP contribution in [0.5, 0.6) is 0 Å². The minimum atomic E-state index is 0.774. The summed E-state index contributed by atoms with van der Waals surface area (Å²) < 4.78 is 6.91. The third-order valence-electron chi connectivity index (χ3n) is 2.98. The summed E-state index contributed by atoms with van der Waals surface area (Å²) in [4.78, 5) is 2.13. The van der Waals surface area contributed by atoms with Crippen LogP contribution in [0.2, 0.25) is 0 Å². The van der Waals surface area contributed by atoms with Crippen molar-refractivity contribution in [2.75, 3.05) is 40.4 Å². The number of thiophene rings is 1. The Morgan fingerprint density at radius 2 is 2.05 bits per heavy atom. The van der Waals surface area contributed by atoms with Crippen molar-refractivity contribution in [2.24, 2.45) is 0 Å². The van der Waals surface area contributed by atoms with Crippen LogP contribution in [0.4, 0.5) is 0 Å². The van der Waals surface area contributed by atoms with Crippen LogP contribution < -0.4 is 5.32 Å². The Morgan fingerprint density at radius 3 is 2.89 bits per heavy atom. The number of benzene rings is 1. The van der Waals surface area contributed by atoms with Crippen molar-refractivity contribution in [1.82, 2.24) is 10.2 Å². The van der Waals surface area contributed by atoms with Crippen molar-refractivity contribution in [3.63, 3.8) is 0 Å². The predicted octanol–water partition coefficient (Wildman–Crippen LogP) is 2.57. The summed E-state index contributed by atoms with van der Waals surface area (Å²) in [5, 5.41) is 7.05. The zero-order valence-corrected chi connectivity index (χ0v) is 12.5. The first-order valence-electron chi connectivity index (χ1n) is 6.65. The number of hydrogen-bond acceptors (Lipinski definition) is 4. The van der Waals surface area contributed by atoms with Crippen molar-refractivity contribution in [3.05, 3.63) is 35.2 Å². The molecule has 1 N–H and O–H groups in total. The minimum Gasteiger partial charge on any atom is -0.379 e. The van der Waals surface area contributed by atoms with E-state index in [0.29, 0.717) is 0 Å². The SMILES string of the molecule is CN(C)CCOCCNCc1csc2ccccc12. The van der Waals surface area contributed by atoms with Gasteiger partial charge < -0.3 is 15.0 Å². The highest BCUT2D eigenvalue weighted by Crippen LogP contribution is 2.25. The maximum Gasteiger partial charge on any atom is 0.0593 e. The number of ether oxygens (including phenoxy) is 1. The van der Waals surface area contributed by atoms with Gasteiger partial charge in [-0.1, -0.05) is 18.2 Å². The van der Waals surface area contributed by atoms with Crippen LogP contribution in [-0.4, -0.2) is 45.3 Å². The van der Waals surface area contributed by atoms with Crippen molar-refractivity contribution in [1.29, 1.82) is 0 Å². The Labute approximate surface area is 119 Å². The predicted molar refractivity (Wildman–Crippen MR) is 82.9 cm³/mol. The average Bonchev–Trinajstić information content (AvgIpc) is 2.81. The van der Waals surface area contributed by atoms with Crippen LogP contribution in [-0.2, 0) is 11.3 Å². The fourth-order valence-electron chi connectivity index (χ4n) is 1.89. The Balaban J connectivity index is 1.66. The molecular weight excluding hydrogens is 256 g/mol. The summed E-state index contributed by atoms with van der Waals surface area (Å²) >= 11 is 1.81. The Morgan fingerprint density at radius 1 is 1.21 bits per heavy atom. The molecule has 0 unspecified atom stereocenters. The molecule has 0 aliphatic carbocycles. The Kier molecular flexibility index (Phi) is 5.79. The molecule has 1 aromatic carbocycles. The third kappa shape index (κ3) is 4.58. The highest BCUT2D eigenvalue weighted by molar-refractivity contribution is 7.17. The van der Waals surface area contributed by atoms with E-state index in [2.05, 4.69) is 54.0 Å². The zero-order valence-electron chi connectivity index (χ0n) is 11.7. The Bertz CT molecular complexity index is 496. The molecule has 0 spiro atoms. The molecule has 0 aliphatic rings. The molecule has 0 saturated heterocycles. The Hall–Kier alpha value is -0.940. The van der Waals surface area contributed by atoms with E-state index in [9.17, 15) is 0 Å². The van der Waals surface area contributed by atoms with Crippen LogP contribution in [0.1, 0.15) is 5.56 Å². The van der Waals surface area contributed by atoms with Gasteiger partial charge in [-0.25, -0.2) is 0 Å². The molecule has 19 heavy (non-hydrogen) atoms. The summed E-state index contributed by atoms with van der Waals surface area (Å²) in [7, 11) is 4.12. The highest BCUT2D eigenvalue weighted by Gasteiger charge is 2.02. The van der Waals surface area contributed by atoms with E-state index in [1.807, 2.05) is 11.3 Å². The number of rotatable bonds is 8. The maximum absolute atomic E-state index is 5.55. The summed E-state index contributed by atoms with van der Waals surface area (Å²) in [5.41, 5.74) is 1.38. The van der Waals surface area contributed by atoms with Crippen LogP contribution in [0.3, 0.4) is 0 Å². The van der Waals surface area contributed by atoms with Crippen molar-refractivity contribution in [2.45, 2.75) is 6.54 Å². The lowest BCUT2D eigenvalue weighted by Gasteiger charge is -2.10. The molecule has 4 heteroatoms. The maximum atomic E-state index is 5.55. The van der Waals surface area contributed by atoms with E-state index < -0.39 is 0 Å². The molecule has 0 atom stereocenters. The number of hydrogen-bond donors (Lipinski definition) is 1. The summed E-state index contributed by atoms with van der Waals surface area (Å²) in [5.74, 6) is 0. The van der Waals surface area contributed by atoms with Crippen LogP contribution in [0, 0.1) is 0 Å². The lowest BCUT2D eigenvalue weighted by Crippen LogP contribution is -2.22. The second kappa shape index (κ2) is 7.60. The molecule has 2 aromatic rings. The molecule has 1 heterocycles. The van der Waals surface area contributed by atoms with Gasteiger partial charge in [0, 0.05) is 24.3 Å². The lowest BCUT2D eigenvalue weighted by atomic mass is 10.2. The van der Waals surface area contributed by atoms with Gasteiger partial charge in [-0.2, -0.15) is 0 Å². The number of nitrogens with zero attached hydrogens (tertiary/aromatic N) is 1. The van der Waals surface area contributed by atoms with Crippen molar-refractivity contribution < 1.29 is 4.74 Å². The quantitative estimate of drug-likeness (QED) is 0.751. The molecule has 104 valence electrons. The smallest absolute Gasteiger partial charge is 0.0593 e. The van der Waals surface area contributed by atoms with E-state index in [4.69, 9.17) is 4.74 Å². The first-order valence-corrected chi connectivity index (χ1v) is 7.53. The fourth-order valence-corrected chi connectivity index (χ4v) is 2.85. The first-order chi connectivity index (χ1) is 9.27. The van der Waals surface area contributed by atoms with Gasteiger partial charge in [0.2, 0.25) is 0 Å². The van der Waals surface area contributed by atoms with Crippen molar-refractivity contribution >= 4 is 21.4 Å². The normalized spacial score (nSPS) is 11.5. The van der Waals surface area contributed by atoms with Crippen LogP contribution >= 0.6 is 11.3 Å². The second-order valence-electron chi connectivity index (χ2n) is 4.85. The average molecular weight is 278 g/mol. The molecule has 0 bridgehead atoms. The van der Waals surface area contributed by atoms with Gasteiger partial charge in [-0.05, 0) is 36.5 Å². The number of fused-ring (bicyclic) bond motifs is 1. The summed E-state index contributed by atoms with van der Waals surface area (Å²) in [6.45, 7) is 4.37. The lowest BCUT2D eigenvalue weighted by molar-refractivity contribution is 0.119. The standard InChI is InChI=1S/C15H22N2OS/c1-17(2)8-10-18-9-7-16-11-13-12-19-15-6-4-3-5-14(13)15/h3-6,12,16H,7-11H2,1-2H3. The van der Waals surface area contributed by atoms with Gasteiger partial charge in [0.15, 0.2) is 0 Å². The molecule has 1 aromatic heterocycles. The topological polar surface area (TPSA) is 24.5 Å². The van der Waals surface area contributed by atoms with Crippen molar-refractivity contribution in [3.8, 4) is 0 Å². The fraction of sp³-hybridized carbons (Fsp3) is 0.467. The van der Waals surface area contributed by atoms with Gasteiger partial charge in [-0.15, -0.1) is 11.3 Å². The number of nitrogens with one attached hydrogen (secondary N) is 1. The first kappa shape index (κ1) is 14.5. The van der Waals surface area contributed by atoms with Gasteiger partial charge in [0.25, 0.3) is 0 Å². The van der Waals surface area contributed by atoms with E-state index in [-0.39, 0.29) is 0 Å². The monoisotopic (exact) mass is 278 g/mol. The molecular formula is C15H22N2OS. The molecule has 0 fully saturated rings. The molecule has 2 rings (SSSR count). The zero-order chi connectivity index (χ0) is 13.5. The molecule has 0 saturated carbocycles. The third-order valence-corrected chi connectivity index (χ3v) is 3.99. The van der Waals surface area contributed by atoms with E-state index in [1.54, 1.807) is 0 Å². The molecule has 0 aliphatic heterocycles. The van der Waals surface area contributed by atoms with Gasteiger partial charge in [-0.3, -0.25) is 0 Å². The largest absolute Gasteiger partial charge is 0.379 e. The molecule has 3 nitrogen and oxygen atoms in total. The summed E-state index contributed by atoms with van der Waals surface area (Å²) in [6.07, 6.45) is 0.